The molecule has 0 saturated heterocycles. The number of aromatic nitrogens is 2. The highest BCUT2D eigenvalue weighted by Gasteiger charge is 2.33. The van der Waals surface area contributed by atoms with Crippen LogP contribution in [0.4, 0.5) is 4.39 Å². The van der Waals surface area contributed by atoms with Gasteiger partial charge in [-0.3, -0.25) is 23.9 Å². The predicted molar refractivity (Wildman–Crippen MR) is 87.6 cm³/mol. The number of benzene rings is 1. The molecule has 1 aliphatic rings. The second-order valence-electron chi connectivity index (χ2n) is 5.97. The van der Waals surface area contributed by atoms with E-state index in [4.69, 9.17) is 5.73 Å². The maximum absolute atomic E-state index is 14.4. The van der Waals surface area contributed by atoms with Gasteiger partial charge < -0.3 is 11.1 Å². The van der Waals surface area contributed by atoms with E-state index in [9.17, 15) is 18.8 Å². The van der Waals surface area contributed by atoms with Gasteiger partial charge in [0.2, 0.25) is 5.91 Å². The van der Waals surface area contributed by atoms with Crippen LogP contribution in [0, 0.1) is 11.7 Å². The molecular formula is C17H17FN4O3. The van der Waals surface area contributed by atoms with Gasteiger partial charge in [-0.25, -0.2) is 4.39 Å². The van der Waals surface area contributed by atoms with E-state index >= 15 is 0 Å². The summed E-state index contributed by atoms with van der Waals surface area (Å²) in [6.07, 6.45) is 5.96. The summed E-state index contributed by atoms with van der Waals surface area (Å²) in [5.74, 6) is -2.26. The highest BCUT2D eigenvalue weighted by molar-refractivity contribution is 5.95. The van der Waals surface area contributed by atoms with Crippen molar-refractivity contribution >= 4 is 11.8 Å². The van der Waals surface area contributed by atoms with Gasteiger partial charge in [0.05, 0.1) is 23.4 Å². The van der Waals surface area contributed by atoms with Gasteiger partial charge in [0.25, 0.3) is 11.5 Å². The number of nitrogens with zero attached hydrogens (tertiary/aromatic N) is 2. The van der Waals surface area contributed by atoms with Gasteiger partial charge in [-0.1, -0.05) is 6.42 Å². The second kappa shape index (κ2) is 6.84. The number of rotatable bonds is 4. The summed E-state index contributed by atoms with van der Waals surface area (Å²) in [6, 6.07) is 3.50. The van der Waals surface area contributed by atoms with Crippen LogP contribution in [0.2, 0.25) is 0 Å². The van der Waals surface area contributed by atoms with Crippen LogP contribution in [0.15, 0.2) is 41.6 Å². The van der Waals surface area contributed by atoms with Crippen molar-refractivity contribution in [2.75, 3.05) is 0 Å². The summed E-state index contributed by atoms with van der Waals surface area (Å²) in [6.45, 7) is 0. The van der Waals surface area contributed by atoms with Gasteiger partial charge >= 0.3 is 0 Å². The molecule has 1 saturated carbocycles. The van der Waals surface area contributed by atoms with Crippen LogP contribution < -0.4 is 16.6 Å². The molecule has 3 N–H and O–H groups in total. The molecule has 8 heteroatoms. The van der Waals surface area contributed by atoms with Gasteiger partial charge in [-0.2, -0.15) is 0 Å². The summed E-state index contributed by atoms with van der Waals surface area (Å²) in [5.41, 5.74) is 5.06. The zero-order valence-electron chi connectivity index (χ0n) is 13.3. The first-order valence-electron chi connectivity index (χ1n) is 7.90. The molecule has 2 atom stereocenters. The Morgan fingerprint density at radius 2 is 2.12 bits per heavy atom. The fourth-order valence-electron chi connectivity index (χ4n) is 3.12. The third-order valence-corrected chi connectivity index (χ3v) is 4.40. The first kappa shape index (κ1) is 16.8. The first-order valence-corrected chi connectivity index (χ1v) is 7.90. The first-order chi connectivity index (χ1) is 12.0. The van der Waals surface area contributed by atoms with Crippen molar-refractivity contribution in [2.24, 2.45) is 11.7 Å². The van der Waals surface area contributed by atoms with Crippen molar-refractivity contribution in [1.82, 2.24) is 14.9 Å². The van der Waals surface area contributed by atoms with Crippen LogP contribution >= 0.6 is 0 Å². The van der Waals surface area contributed by atoms with E-state index in [-0.39, 0.29) is 17.3 Å². The van der Waals surface area contributed by atoms with E-state index in [0.717, 1.165) is 18.7 Å². The van der Waals surface area contributed by atoms with E-state index in [0.29, 0.717) is 12.8 Å². The Balaban J connectivity index is 1.81. The summed E-state index contributed by atoms with van der Waals surface area (Å²) in [7, 11) is 0. The minimum absolute atomic E-state index is 0.152. The fourth-order valence-corrected chi connectivity index (χ4v) is 3.12. The number of halogens is 1. The monoisotopic (exact) mass is 344 g/mol. The number of primary amides is 1. The molecule has 0 radical (unpaired) electrons. The maximum Gasteiger partial charge on any atom is 0.273 e. The summed E-state index contributed by atoms with van der Waals surface area (Å²) >= 11 is 0. The van der Waals surface area contributed by atoms with E-state index in [2.05, 4.69) is 10.3 Å². The third kappa shape index (κ3) is 3.42. The van der Waals surface area contributed by atoms with Crippen molar-refractivity contribution in [3.05, 3.63) is 58.5 Å². The molecule has 1 heterocycles. The lowest BCUT2D eigenvalue weighted by molar-refractivity contribution is -0.122. The molecular weight excluding hydrogens is 327 g/mol. The lowest BCUT2D eigenvalue weighted by Gasteiger charge is -2.18. The predicted octanol–water partition coefficient (Wildman–Crippen LogP) is 0.755. The van der Waals surface area contributed by atoms with E-state index in [1.807, 2.05) is 0 Å². The molecule has 1 aromatic carbocycles. The van der Waals surface area contributed by atoms with Gasteiger partial charge in [0.15, 0.2) is 0 Å². The Morgan fingerprint density at radius 3 is 2.80 bits per heavy atom. The van der Waals surface area contributed by atoms with Gasteiger partial charge in [-0.05, 0) is 31.0 Å². The molecule has 0 spiro atoms. The average Bonchev–Trinajstić information content (AvgIpc) is 3.03. The van der Waals surface area contributed by atoms with Crippen LogP contribution in [0.1, 0.15) is 29.6 Å². The molecule has 2 amide bonds. The number of hydrogen-bond acceptors (Lipinski definition) is 4. The Labute approximate surface area is 142 Å². The Hall–Kier alpha value is -3.03. The molecule has 1 fully saturated rings. The van der Waals surface area contributed by atoms with Crippen LogP contribution in [0.25, 0.3) is 5.69 Å². The second-order valence-corrected chi connectivity index (χ2v) is 5.97. The Kier molecular flexibility index (Phi) is 4.60. The minimum atomic E-state index is -0.757. The number of nitrogens with one attached hydrogen (secondary N) is 1. The molecule has 2 unspecified atom stereocenters. The molecule has 25 heavy (non-hydrogen) atoms. The van der Waals surface area contributed by atoms with Crippen molar-refractivity contribution in [1.29, 1.82) is 0 Å². The molecule has 7 nitrogen and oxygen atoms in total. The highest BCUT2D eigenvalue weighted by atomic mass is 19.1. The zero-order chi connectivity index (χ0) is 18.0. The van der Waals surface area contributed by atoms with Gasteiger partial charge in [0, 0.05) is 18.4 Å². The number of hydrogen-bond donors (Lipinski definition) is 2. The summed E-state index contributed by atoms with van der Waals surface area (Å²) < 4.78 is 15.6. The summed E-state index contributed by atoms with van der Waals surface area (Å²) in [5, 5.41) is 2.68. The van der Waals surface area contributed by atoms with Crippen molar-refractivity contribution in [3.63, 3.8) is 0 Å². The Morgan fingerprint density at radius 1 is 1.32 bits per heavy atom. The van der Waals surface area contributed by atoms with Crippen LogP contribution in [0.5, 0.6) is 0 Å². The number of carbonyl (C=O) groups excluding carboxylic acids is 2. The quantitative estimate of drug-likeness (QED) is 0.853. The lowest BCUT2D eigenvalue weighted by Crippen LogP contribution is -2.42. The molecule has 3 rings (SSSR count). The average molecular weight is 344 g/mol. The Bertz CT molecular complexity index is 880. The molecule has 1 aromatic heterocycles. The normalized spacial score (nSPS) is 19.6. The third-order valence-electron chi connectivity index (χ3n) is 4.40. The van der Waals surface area contributed by atoms with Crippen LogP contribution in [-0.4, -0.2) is 27.4 Å². The van der Waals surface area contributed by atoms with Crippen molar-refractivity contribution in [2.45, 2.75) is 25.3 Å². The van der Waals surface area contributed by atoms with Gasteiger partial charge in [0.1, 0.15) is 5.82 Å². The zero-order valence-corrected chi connectivity index (χ0v) is 13.3. The van der Waals surface area contributed by atoms with Crippen LogP contribution in [-0.2, 0) is 4.79 Å². The SMILES string of the molecule is NC(=O)C1CCCC1NC(=O)c1ccc(-n2ccncc2=O)cc1F. The largest absolute Gasteiger partial charge is 0.369 e. The molecule has 0 aliphatic heterocycles. The van der Waals surface area contributed by atoms with Gasteiger partial charge in [-0.15, -0.1) is 0 Å². The van der Waals surface area contributed by atoms with Crippen molar-refractivity contribution in [3.8, 4) is 5.69 Å². The molecule has 2 aromatic rings. The van der Waals surface area contributed by atoms with E-state index in [1.165, 1.54) is 29.1 Å². The standard InChI is InChI=1S/C17H17FN4O3/c18-13-8-10(22-7-6-20-9-15(22)23)4-5-11(13)17(25)21-14-3-1-2-12(14)16(19)24/h4-9,12,14H,1-3H2,(H2,19,24)(H,21,25). The molecule has 1 aliphatic carbocycles. The molecule has 0 bridgehead atoms. The van der Waals surface area contributed by atoms with Crippen LogP contribution in [0.3, 0.4) is 0 Å². The van der Waals surface area contributed by atoms with E-state index < -0.39 is 29.1 Å². The number of amides is 2. The topological polar surface area (TPSA) is 107 Å². The maximum atomic E-state index is 14.4. The number of carbonyl (C=O) groups is 2. The minimum Gasteiger partial charge on any atom is -0.369 e. The molecule has 130 valence electrons. The number of nitrogens with two attached hydrogens (primary N) is 1. The highest BCUT2D eigenvalue weighted by Crippen LogP contribution is 2.26. The van der Waals surface area contributed by atoms with Crippen molar-refractivity contribution < 1.29 is 14.0 Å². The fraction of sp³-hybridized carbons (Fsp3) is 0.294. The lowest BCUT2D eigenvalue weighted by atomic mass is 10.0. The summed E-state index contributed by atoms with van der Waals surface area (Å²) in [4.78, 5) is 39.1. The van der Waals surface area contributed by atoms with E-state index in [1.54, 1.807) is 0 Å². The smallest absolute Gasteiger partial charge is 0.273 e.